The lowest BCUT2D eigenvalue weighted by Crippen LogP contribution is -2.35. The third-order valence-electron chi connectivity index (χ3n) is 2.97. The molecule has 0 aliphatic rings. The van der Waals surface area contributed by atoms with Gasteiger partial charge < -0.3 is 15.0 Å². The topological polar surface area (TPSA) is 89.0 Å². The molecule has 0 aliphatic heterocycles. The number of carbonyl (C=O) groups excluding carboxylic acids is 1. The number of hydrogen-bond donors (Lipinski definition) is 2. The number of amides is 1. The Balaban J connectivity index is 2.25. The third-order valence-corrected chi connectivity index (χ3v) is 3.19. The summed E-state index contributed by atoms with van der Waals surface area (Å²) in [5, 5.41) is 7.08. The normalized spacial score (nSPS) is 12.1. The lowest BCUT2D eigenvalue weighted by atomic mass is 10.2. The molecule has 1 atom stereocenters. The SMILES string of the molecule is COCC(NC(=O)c1cc(Cl)c[nH]c1=O)c1ccnn1C. The van der Waals surface area contributed by atoms with Gasteiger partial charge >= 0.3 is 0 Å². The van der Waals surface area contributed by atoms with Gasteiger partial charge in [0.2, 0.25) is 0 Å². The first-order chi connectivity index (χ1) is 10.0. The van der Waals surface area contributed by atoms with Gasteiger partial charge in [0.15, 0.2) is 0 Å². The quantitative estimate of drug-likeness (QED) is 0.858. The molecular weight excluding hydrogens is 296 g/mol. The number of nitrogens with one attached hydrogen (secondary N) is 2. The molecule has 0 aromatic carbocycles. The van der Waals surface area contributed by atoms with Crippen LogP contribution in [0.4, 0.5) is 0 Å². The molecule has 7 nitrogen and oxygen atoms in total. The molecule has 0 saturated carbocycles. The lowest BCUT2D eigenvalue weighted by molar-refractivity contribution is 0.0891. The third kappa shape index (κ3) is 3.50. The summed E-state index contributed by atoms with van der Waals surface area (Å²) in [6.07, 6.45) is 2.95. The number of pyridine rings is 1. The molecule has 1 amide bonds. The minimum atomic E-state index is -0.526. The first kappa shape index (κ1) is 15.3. The number of rotatable bonds is 5. The molecule has 0 aliphatic carbocycles. The maximum atomic E-state index is 12.2. The Morgan fingerprint density at radius 2 is 2.38 bits per heavy atom. The first-order valence-electron chi connectivity index (χ1n) is 6.19. The average molecular weight is 311 g/mol. The van der Waals surface area contributed by atoms with Crippen LogP contribution in [0.2, 0.25) is 5.02 Å². The van der Waals surface area contributed by atoms with Crippen LogP contribution in [-0.2, 0) is 11.8 Å². The summed E-state index contributed by atoms with van der Waals surface area (Å²) in [6.45, 7) is 0.254. The number of methoxy groups -OCH3 is 1. The van der Waals surface area contributed by atoms with Crippen molar-refractivity contribution in [2.75, 3.05) is 13.7 Å². The Hall–Kier alpha value is -2.12. The van der Waals surface area contributed by atoms with Crippen molar-refractivity contribution in [2.45, 2.75) is 6.04 Å². The minimum absolute atomic E-state index is 0.0502. The summed E-state index contributed by atoms with van der Waals surface area (Å²) in [5.74, 6) is -0.526. The summed E-state index contributed by atoms with van der Waals surface area (Å²) in [5.41, 5.74) is 0.215. The van der Waals surface area contributed by atoms with E-state index < -0.39 is 17.5 Å². The highest BCUT2D eigenvalue weighted by molar-refractivity contribution is 6.30. The molecule has 2 aromatic heterocycles. The van der Waals surface area contributed by atoms with Crippen molar-refractivity contribution in [3.8, 4) is 0 Å². The van der Waals surface area contributed by atoms with Gasteiger partial charge in [-0.05, 0) is 12.1 Å². The number of halogens is 1. The van der Waals surface area contributed by atoms with Crippen LogP contribution in [0.3, 0.4) is 0 Å². The standard InChI is InChI=1S/C13H15ClN4O3/c1-18-11(3-4-16-18)10(7-21-2)17-13(20)9-5-8(14)6-15-12(9)19/h3-6,10H,7H2,1-2H3,(H,15,19)(H,17,20). The lowest BCUT2D eigenvalue weighted by Gasteiger charge is -2.18. The summed E-state index contributed by atoms with van der Waals surface area (Å²) in [4.78, 5) is 26.3. The molecule has 2 heterocycles. The number of H-pyrrole nitrogens is 1. The average Bonchev–Trinajstić information content (AvgIpc) is 2.87. The molecule has 0 saturated heterocycles. The summed E-state index contributed by atoms with van der Waals surface area (Å²) < 4.78 is 6.74. The first-order valence-corrected chi connectivity index (χ1v) is 6.56. The van der Waals surface area contributed by atoms with E-state index in [1.807, 2.05) is 0 Å². The minimum Gasteiger partial charge on any atom is -0.382 e. The maximum absolute atomic E-state index is 12.2. The molecule has 2 rings (SSSR count). The Morgan fingerprint density at radius 3 is 3.00 bits per heavy atom. The highest BCUT2D eigenvalue weighted by atomic mass is 35.5. The van der Waals surface area contributed by atoms with Crippen molar-refractivity contribution in [3.63, 3.8) is 0 Å². The van der Waals surface area contributed by atoms with E-state index in [9.17, 15) is 9.59 Å². The molecule has 112 valence electrons. The largest absolute Gasteiger partial charge is 0.382 e. The van der Waals surface area contributed by atoms with Gasteiger partial charge in [0.1, 0.15) is 5.56 Å². The van der Waals surface area contributed by atoms with Crippen LogP contribution in [0.25, 0.3) is 0 Å². The van der Waals surface area contributed by atoms with E-state index in [0.717, 1.165) is 5.69 Å². The van der Waals surface area contributed by atoms with Gasteiger partial charge in [-0.3, -0.25) is 14.3 Å². The number of aryl methyl sites for hydroxylation is 1. The van der Waals surface area contributed by atoms with E-state index in [-0.39, 0.29) is 17.2 Å². The molecule has 21 heavy (non-hydrogen) atoms. The second-order valence-electron chi connectivity index (χ2n) is 4.42. The highest BCUT2D eigenvalue weighted by Gasteiger charge is 2.20. The van der Waals surface area contributed by atoms with Crippen LogP contribution >= 0.6 is 11.6 Å². The molecule has 2 aromatic rings. The summed E-state index contributed by atoms with van der Waals surface area (Å²) in [7, 11) is 3.29. The smallest absolute Gasteiger partial charge is 0.260 e. The molecule has 0 radical (unpaired) electrons. The van der Waals surface area contributed by atoms with Gasteiger partial charge in [-0.2, -0.15) is 5.10 Å². The summed E-state index contributed by atoms with van der Waals surface area (Å²) in [6, 6.07) is 2.67. The van der Waals surface area contributed by atoms with Crippen LogP contribution in [0, 0.1) is 0 Å². The van der Waals surface area contributed by atoms with Crippen molar-refractivity contribution in [2.24, 2.45) is 7.05 Å². The number of ether oxygens (including phenoxy) is 1. The van der Waals surface area contributed by atoms with Crippen LogP contribution < -0.4 is 10.9 Å². The monoisotopic (exact) mass is 310 g/mol. The number of hydrogen-bond acceptors (Lipinski definition) is 4. The second kappa shape index (κ2) is 6.55. The zero-order valence-corrected chi connectivity index (χ0v) is 12.3. The van der Waals surface area contributed by atoms with E-state index in [1.165, 1.54) is 19.4 Å². The fraction of sp³-hybridized carbons (Fsp3) is 0.308. The number of aromatic amines is 1. The van der Waals surface area contributed by atoms with Gasteiger partial charge in [0, 0.05) is 26.6 Å². The van der Waals surface area contributed by atoms with Crippen molar-refractivity contribution >= 4 is 17.5 Å². The van der Waals surface area contributed by atoms with Crippen LogP contribution in [0.5, 0.6) is 0 Å². The summed E-state index contributed by atoms with van der Waals surface area (Å²) >= 11 is 5.79. The fourth-order valence-electron chi connectivity index (χ4n) is 1.96. The maximum Gasteiger partial charge on any atom is 0.260 e. The Kier molecular flexibility index (Phi) is 4.77. The zero-order chi connectivity index (χ0) is 15.4. The fourth-order valence-corrected chi connectivity index (χ4v) is 2.12. The Morgan fingerprint density at radius 1 is 1.62 bits per heavy atom. The molecule has 0 bridgehead atoms. The second-order valence-corrected chi connectivity index (χ2v) is 4.86. The van der Waals surface area contributed by atoms with Crippen LogP contribution in [-0.4, -0.2) is 34.4 Å². The molecule has 0 fully saturated rings. The molecule has 8 heteroatoms. The van der Waals surface area contributed by atoms with Crippen molar-refractivity contribution in [1.82, 2.24) is 20.1 Å². The van der Waals surface area contributed by atoms with E-state index in [4.69, 9.17) is 16.3 Å². The number of carbonyl (C=O) groups is 1. The van der Waals surface area contributed by atoms with Gasteiger partial charge in [-0.25, -0.2) is 0 Å². The van der Waals surface area contributed by atoms with Gasteiger partial charge in [-0.1, -0.05) is 11.6 Å². The number of aromatic nitrogens is 3. The van der Waals surface area contributed by atoms with Crippen molar-refractivity contribution in [1.29, 1.82) is 0 Å². The van der Waals surface area contributed by atoms with Crippen molar-refractivity contribution < 1.29 is 9.53 Å². The highest BCUT2D eigenvalue weighted by Crippen LogP contribution is 2.13. The van der Waals surface area contributed by atoms with E-state index in [2.05, 4.69) is 15.4 Å². The molecule has 1 unspecified atom stereocenters. The Labute approximate surface area is 125 Å². The van der Waals surface area contributed by atoms with E-state index in [0.29, 0.717) is 0 Å². The Bertz CT molecular complexity index is 695. The van der Waals surface area contributed by atoms with Gasteiger partial charge in [0.25, 0.3) is 11.5 Å². The molecular formula is C13H15ClN4O3. The number of nitrogens with zero attached hydrogens (tertiary/aromatic N) is 2. The van der Waals surface area contributed by atoms with Crippen molar-refractivity contribution in [3.05, 3.63) is 51.2 Å². The van der Waals surface area contributed by atoms with Crippen LogP contribution in [0.15, 0.2) is 29.3 Å². The zero-order valence-electron chi connectivity index (χ0n) is 11.6. The predicted octanol–water partition coefficient (Wildman–Crippen LogP) is 0.879. The molecule has 0 spiro atoms. The molecule has 2 N–H and O–H groups in total. The predicted molar refractivity (Wildman–Crippen MR) is 77.4 cm³/mol. The van der Waals surface area contributed by atoms with E-state index >= 15 is 0 Å². The van der Waals surface area contributed by atoms with Crippen LogP contribution in [0.1, 0.15) is 22.1 Å². The van der Waals surface area contributed by atoms with Gasteiger partial charge in [0.05, 0.1) is 23.4 Å². The van der Waals surface area contributed by atoms with E-state index in [1.54, 1.807) is 24.0 Å². The van der Waals surface area contributed by atoms with Gasteiger partial charge in [-0.15, -0.1) is 0 Å².